The molecule has 0 aliphatic heterocycles. The fourth-order valence-corrected chi connectivity index (χ4v) is 7.64. The Labute approximate surface area is 165 Å². The van der Waals surface area contributed by atoms with Gasteiger partial charge in [0.2, 0.25) is 5.82 Å². The second-order valence-corrected chi connectivity index (χ2v) is 10.2. The molecule has 0 N–H and O–H groups in total. The van der Waals surface area contributed by atoms with Crippen LogP contribution in [0.1, 0.15) is 12.8 Å². The molecule has 0 heterocycles. The molecule has 1 aromatic rings. The van der Waals surface area contributed by atoms with E-state index >= 15 is 8.78 Å². The van der Waals surface area contributed by atoms with E-state index in [1.54, 1.807) is 0 Å². The maximum Gasteiger partial charge on any atom is 0.433 e. The number of ether oxygens (including phenoxy) is 1. The number of hydrogen-bond donors (Lipinski definition) is 0. The lowest BCUT2D eigenvalue weighted by Crippen LogP contribution is -2.64. The van der Waals surface area contributed by atoms with Crippen LogP contribution >= 0.6 is 0 Å². The van der Waals surface area contributed by atoms with Crippen LogP contribution in [0.3, 0.4) is 0 Å². The molecule has 10 heteroatoms. The summed E-state index contributed by atoms with van der Waals surface area (Å²) in [6, 6.07) is 0. The molecule has 0 radical (unpaired) electrons. The molecule has 0 saturated heterocycles. The zero-order valence-electron chi connectivity index (χ0n) is 14.9. The van der Waals surface area contributed by atoms with Crippen LogP contribution in [0.5, 0.6) is 5.75 Å². The van der Waals surface area contributed by atoms with Gasteiger partial charge in [-0.2, -0.15) is 4.39 Å². The van der Waals surface area contributed by atoms with Crippen molar-refractivity contribution in [3.05, 3.63) is 71.4 Å². The maximum atomic E-state index is 15.8. The lowest BCUT2D eigenvalue weighted by Gasteiger charge is -2.38. The summed E-state index contributed by atoms with van der Waals surface area (Å²) in [5.74, 6) is -11.7. The second kappa shape index (κ2) is 7.65. The van der Waals surface area contributed by atoms with E-state index in [2.05, 4.69) is 4.74 Å². The van der Waals surface area contributed by atoms with Crippen molar-refractivity contribution in [2.45, 2.75) is 21.9 Å². The highest BCUT2D eigenvalue weighted by Gasteiger charge is 2.61. The normalized spacial score (nSPS) is 26.2. The predicted molar refractivity (Wildman–Crippen MR) is 91.8 cm³/mol. The largest absolute Gasteiger partial charge is 0.491 e. The highest BCUT2D eigenvalue weighted by atomic mass is 27.2. The molecule has 29 heavy (non-hydrogen) atoms. The highest BCUT2D eigenvalue weighted by Crippen LogP contribution is 2.42. The topological polar surface area (TPSA) is 9.23 Å². The standard InChI is InChI=1S/C7H3F4O.2C6H5F2.Al/c1-12-7-4(9)2-3(8)5(10)6(7)11;2*7-5-2-1-3-6(8)4-5;/h1H3;2*1-3H,4H2;. The van der Waals surface area contributed by atoms with Crippen molar-refractivity contribution in [2.75, 3.05) is 7.11 Å². The Morgan fingerprint density at radius 1 is 0.759 bits per heavy atom. The van der Waals surface area contributed by atoms with Gasteiger partial charge in [0.25, 0.3) is 0 Å². The SMILES string of the molecule is COc1c(F)c(F)c(F)[c]([Al]([C]2(F)C=CC=C(F)C2)[C]2(F)C=CC=C(F)C2)c1F. The molecule has 0 spiro atoms. The predicted octanol–water partition coefficient (Wildman–Crippen LogP) is 5.08. The second-order valence-electron chi connectivity index (χ2n) is 6.79. The summed E-state index contributed by atoms with van der Waals surface area (Å²) in [5.41, 5.74) is 0. The Kier molecular flexibility index (Phi) is 5.71. The van der Waals surface area contributed by atoms with Crippen molar-refractivity contribution in [1.29, 1.82) is 0 Å². The van der Waals surface area contributed by atoms with Gasteiger partial charge in [-0.15, -0.1) is 0 Å². The molecule has 0 fully saturated rings. The van der Waals surface area contributed by atoms with Gasteiger partial charge < -0.3 is 4.74 Å². The molecular formula is C19H13AlF8O. The number of halogens is 8. The Morgan fingerprint density at radius 2 is 1.24 bits per heavy atom. The van der Waals surface area contributed by atoms with Crippen LogP contribution in [0.4, 0.5) is 35.1 Å². The van der Waals surface area contributed by atoms with Crippen LogP contribution in [-0.2, 0) is 0 Å². The smallest absolute Gasteiger partial charge is 0.433 e. The molecule has 2 unspecified atom stereocenters. The van der Waals surface area contributed by atoms with Crippen LogP contribution in [-0.4, -0.2) is 30.3 Å². The molecule has 0 aromatic heterocycles. The molecule has 0 bridgehead atoms. The summed E-state index contributed by atoms with van der Waals surface area (Å²) in [7, 11) is 0.751. The molecule has 3 rings (SSSR count). The number of benzene rings is 1. The van der Waals surface area contributed by atoms with E-state index in [4.69, 9.17) is 0 Å². The van der Waals surface area contributed by atoms with Gasteiger partial charge in [0.1, 0.15) is 11.7 Å². The van der Waals surface area contributed by atoms with E-state index < -0.39 is 81.1 Å². The van der Waals surface area contributed by atoms with Gasteiger partial charge in [0, 0.05) is 12.8 Å². The molecule has 2 aliphatic rings. The first-order valence-corrected chi connectivity index (χ1v) is 10.1. The van der Waals surface area contributed by atoms with E-state index in [-0.39, 0.29) is 0 Å². The Morgan fingerprint density at radius 3 is 1.66 bits per heavy atom. The van der Waals surface area contributed by atoms with E-state index in [1.807, 2.05) is 0 Å². The Bertz CT molecular complexity index is 928. The third-order valence-electron chi connectivity index (χ3n) is 4.89. The van der Waals surface area contributed by atoms with E-state index in [9.17, 15) is 26.3 Å². The van der Waals surface area contributed by atoms with Gasteiger partial charge in [-0.1, -0.05) is 24.3 Å². The zero-order valence-corrected chi connectivity index (χ0v) is 16.0. The average molecular weight is 436 g/mol. The first-order chi connectivity index (χ1) is 13.5. The van der Waals surface area contributed by atoms with E-state index in [0.717, 1.165) is 31.4 Å². The van der Waals surface area contributed by atoms with E-state index in [0.29, 0.717) is 12.2 Å². The highest BCUT2D eigenvalue weighted by molar-refractivity contribution is 6.79. The monoisotopic (exact) mass is 436 g/mol. The zero-order chi connectivity index (χ0) is 21.6. The fourth-order valence-electron chi connectivity index (χ4n) is 3.72. The van der Waals surface area contributed by atoms with Crippen LogP contribution in [0, 0.1) is 23.3 Å². The van der Waals surface area contributed by atoms with Gasteiger partial charge in [0.05, 0.1) is 16.2 Å². The summed E-state index contributed by atoms with van der Waals surface area (Å²) < 4.78 is 114. The average Bonchev–Trinajstić information content (AvgIpc) is 2.63. The third-order valence-corrected chi connectivity index (χ3v) is 8.69. The van der Waals surface area contributed by atoms with Gasteiger partial charge >= 0.3 is 14.1 Å². The molecular weight excluding hydrogens is 423 g/mol. The molecule has 1 aromatic carbocycles. The molecule has 0 saturated carbocycles. The number of rotatable bonds is 4. The van der Waals surface area contributed by atoms with Crippen molar-refractivity contribution < 1.29 is 39.9 Å². The fraction of sp³-hybridized carbons (Fsp3) is 0.263. The number of methoxy groups -OCH3 is 1. The van der Waals surface area contributed by atoms with Crippen molar-refractivity contribution >= 4 is 18.6 Å². The summed E-state index contributed by atoms with van der Waals surface area (Å²) in [6.45, 7) is 0. The Hall–Kier alpha value is -2.05. The lowest BCUT2D eigenvalue weighted by atomic mass is 10.1. The van der Waals surface area contributed by atoms with E-state index in [1.165, 1.54) is 0 Å². The van der Waals surface area contributed by atoms with Gasteiger partial charge in [-0.3, -0.25) is 8.78 Å². The minimum absolute atomic E-state index is 0.699. The van der Waals surface area contributed by atoms with Crippen molar-refractivity contribution in [3.8, 4) is 5.75 Å². The summed E-state index contributed by atoms with van der Waals surface area (Å²) in [6.07, 6.45) is 2.71. The molecule has 0 amide bonds. The number of hydrogen-bond acceptors (Lipinski definition) is 1. The molecule has 1 nitrogen and oxygen atoms in total. The Balaban J connectivity index is 2.33. The van der Waals surface area contributed by atoms with Crippen molar-refractivity contribution in [1.82, 2.24) is 0 Å². The first-order valence-electron chi connectivity index (χ1n) is 8.39. The summed E-state index contributed by atoms with van der Waals surface area (Å²) in [5, 5.41) is 0. The molecule has 154 valence electrons. The van der Waals surface area contributed by atoms with Crippen molar-refractivity contribution in [2.24, 2.45) is 0 Å². The minimum atomic E-state index is -4.54. The summed E-state index contributed by atoms with van der Waals surface area (Å²) in [4.78, 5) is 0. The van der Waals surface area contributed by atoms with Crippen LogP contribution in [0.2, 0.25) is 0 Å². The van der Waals surface area contributed by atoms with Crippen LogP contribution in [0.15, 0.2) is 48.1 Å². The number of allylic oxidation sites excluding steroid dienone is 8. The van der Waals surface area contributed by atoms with Gasteiger partial charge in [-0.05, 0) is 16.6 Å². The minimum Gasteiger partial charge on any atom is -0.491 e. The van der Waals surface area contributed by atoms with Crippen molar-refractivity contribution in [3.63, 3.8) is 0 Å². The molecule has 2 aliphatic carbocycles. The third kappa shape index (κ3) is 3.64. The quantitative estimate of drug-likeness (QED) is 0.277. The van der Waals surface area contributed by atoms with Gasteiger partial charge in [-0.25, -0.2) is 22.0 Å². The molecule has 2 atom stereocenters. The van der Waals surface area contributed by atoms with Gasteiger partial charge in [0.15, 0.2) is 23.2 Å². The maximum absolute atomic E-state index is 15.8. The first kappa shape index (κ1) is 21.7. The van der Waals surface area contributed by atoms with Crippen LogP contribution in [0.25, 0.3) is 0 Å². The number of alkyl halides is 2. The lowest BCUT2D eigenvalue weighted by molar-refractivity contribution is 0.257. The summed E-state index contributed by atoms with van der Waals surface area (Å²) >= 11 is -4.54. The van der Waals surface area contributed by atoms with Crippen LogP contribution < -0.4 is 9.16 Å².